The quantitative estimate of drug-likeness (QED) is 0.436. The van der Waals surface area contributed by atoms with E-state index in [1.807, 2.05) is 49.2 Å². The van der Waals surface area contributed by atoms with Crippen LogP contribution in [0, 0.1) is 0 Å². The number of rotatable bonds is 8. The third-order valence-electron chi connectivity index (χ3n) is 5.24. The van der Waals surface area contributed by atoms with Crippen molar-refractivity contribution in [2.75, 3.05) is 19.0 Å². The second kappa shape index (κ2) is 9.21. The highest BCUT2D eigenvalue weighted by Crippen LogP contribution is 2.40. The highest BCUT2D eigenvalue weighted by Gasteiger charge is 2.22. The molecule has 0 aliphatic carbocycles. The van der Waals surface area contributed by atoms with Crippen LogP contribution in [0.2, 0.25) is 0 Å². The number of pyridine rings is 3. The van der Waals surface area contributed by atoms with Crippen molar-refractivity contribution in [1.29, 1.82) is 0 Å². The number of aromatic nitrogens is 5. The molecule has 4 aromatic heterocycles. The van der Waals surface area contributed by atoms with Crippen LogP contribution in [0.5, 0.6) is 11.6 Å². The van der Waals surface area contributed by atoms with Gasteiger partial charge in [0.1, 0.15) is 5.75 Å². The van der Waals surface area contributed by atoms with Gasteiger partial charge >= 0.3 is 0 Å². The van der Waals surface area contributed by atoms with Crippen LogP contribution in [0.4, 0.5) is 5.69 Å². The lowest BCUT2D eigenvalue weighted by Gasteiger charge is -2.17. The number of fused-ring (bicyclic) bond motifs is 1. The molecule has 0 fully saturated rings. The van der Waals surface area contributed by atoms with Crippen LogP contribution in [0.25, 0.3) is 22.2 Å². The Bertz CT molecular complexity index is 1230. The monoisotopic (exact) mass is 432 g/mol. The van der Waals surface area contributed by atoms with Gasteiger partial charge in [0.2, 0.25) is 5.88 Å². The average Bonchev–Trinajstić information content (AvgIpc) is 3.15. The minimum atomic E-state index is 0.232. The largest absolute Gasteiger partial charge is 0.495 e. The predicted octanol–water partition coefficient (Wildman–Crippen LogP) is 4.57. The molecule has 4 heterocycles. The van der Waals surface area contributed by atoms with Crippen molar-refractivity contribution >= 4 is 16.7 Å². The van der Waals surface area contributed by atoms with E-state index in [0.29, 0.717) is 19.0 Å². The van der Waals surface area contributed by atoms with Crippen molar-refractivity contribution in [3.8, 4) is 22.8 Å². The maximum Gasteiger partial charge on any atom is 0.221 e. The summed E-state index contributed by atoms with van der Waals surface area (Å²) in [5.74, 6) is 1.53. The highest BCUT2D eigenvalue weighted by atomic mass is 16.5. The Morgan fingerprint density at radius 2 is 1.97 bits per heavy atom. The second-order valence-corrected chi connectivity index (χ2v) is 7.78. The molecular weight excluding hydrogens is 404 g/mol. The van der Waals surface area contributed by atoms with Crippen LogP contribution in [0.3, 0.4) is 0 Å². The van der Waals surface area contributed by atoms with Crippen molar-refractivity contribution in [3.63, 3.8) is 0 Å². The predicted molar refractivity (Wildman–Crippen MR) is 125 cm³/mol. The number of nitrogens with one attached hydrogen (secondary N) is 1. The smallest absolute Gasteiger partial charge is 0.221 e. The Balaban J connectivity index is 1.89. The first kappa shape index (κ1) is 21.5. The summed E-state index contributed by atoms with van der Waals surface area (Å²) < 4.78 is 13.0. The molecule has 0 aliphatic heterocycles. The minimum Gasteiger partial charge on any atom is -0.495 e. The van der Waals surface area contributed by atoms with Crippen molar-refractivity contribution in [3.05, 3.63) is 54.2 Å². The molecule has 0 bridgehead atoms. The summed E-state index contributed by atoms with van der Waals surface area (Å²) in [4.78, 5) is 13.5. The fourth-order valence-corrected chi connectivity index (χ4v) is 3.75. The first-order valence-corrected chi connectivity index (χ1v) is 10.7. The number of methoxy groups -OCH3 is 1. The molecule has 32 heavy (non-hydrogen) atoms. The molecule has 8 nitrogen and oxygen atoms in total. The zero-order valence-electron chi connectivity index (χ0n) is 19.1. The van der Waals surface area contributed by atoms with Crippen LogP contribution in [-0.4, -0.2) is 38.4 Å². The summed E-state index contributed by atoms with van der Waals surface area (Å²) in [6, 6.07) is 5.88. The standard InChI is InChI=1S/C24H28N6O2/c1-6-32-24-18(8-7-9-26-24)19-14-28-23-20(21(15(2)3)29-30(23)4)22(19)27-12-16-10-17(31-5)13-25-11-16/h7-11,13-15H,6,12H2,1-5H3,(H,27,28). The van der Waals surface area contributed by atoms with E-state index in [2.05, 4.69) is 29.1 Å². The number of anilines is 1. The van der Waals surface area contributed by atoms with Gasteiger partial charge in [-0.1, -0.05) is 13.8 Å². The molecule has 0 amide bonds. The molecule has 0 atom stereocenters. The van der Waals surface area contributed by atoms with Gasteiger partial charge in [0.15, 0.2) is 5.65 Å². The molecule has 166 valence electrons. The molecule has 4 rings (SSSR count). The molecule has 0 aromatic carbocycles. The van der Waals surface area contributed by atoms with Gasteiger partial charge in [-0.2, -0.15) is 5.10 Å². The molecule has 0 radical (unpaired) electrons. The van der Waals surface area contributed by atoms with E-state index >= 15 is 0 Å². The van der Waals surface area contributed by atoms with Crippen LogP contribution >= 0.6 is 0 Å². The van der Waals surface area contributed by atoms with E-state index in [4.69, 9.17) is 19.6 Å². The van der Waals surface area contributed by atoms with Crippen molar-refractivity contribution in [2.24, 2.45) is 7.05 Å². The summed E-state index contributed by atoms with van der Waals surface area (Å²) in [6.07, 6.45) is 7.12. The van der Waals surface area contributed by atoms with E-state index in [1.54, 1.807) is 19.5 Å². The number of aryl methyl sites for hydroxylation is 1. The summed E-state index contributed by atoms with van der Waals surface area (Å²) in [5.41, 5.74) is 5.57. The third kappa shape index (κ3) is 4.08. The van der Waals surface area contributed by atoms with Crippen molar-refractivity contribution in [2.45, 2.75) is 33.2 Å². The highest BCUT2D eigenvalue weighted by molar-refractivity contribution is 6.00. The topological polar surface area (TPSA) is 87.0 Å². The Kier molecular flexibility index (Phi) is 6.20. The average molecular weight is 433 g/mol. The van der Waals surface area contributed by atoms with Crippen LogP contribution in [0.15, 0.2) is 43.0 Å². The zero-order valence-corrected chi connectivity index (χ0v) is 19.1. The van der Waals surface area contributed by atoms with Crippen LogP contribution < -0.4 is 14.8 Å². The Labute approximate surface area is 187 Å². The minimum absolute atomic E-state index is 0.232. The normalized spacial score (nSPS) is 11.2. The van der Waals surface area contributed by atoms with Gasteiger partial charge in [0.05, 0.1) is 36.7 Å². The lowest BCUT2D eigenvalue weighted by Crippen LogP contribution is -2.05. The van der Waals surface area contributed by atoms with Gasteiger partial charge in [-0.05, 0) is 36.6 Å². The number of hydrogen-bond acceptors (Lipinski definition) is 7. The van der Waals surface area contributed by atoms with Crippen LogP contribution in [0.1, 0.15) is 37.9 Å². The summed E-state index contributed by atoms with van der Waals surface area (Å²) in [7, 11) is 3.56. The zero-order chi connectivity index (χ0) is 22.7. The van der Waals surface area contributed by atoms with E-state index in [-0.39, 0.29) is 5.92 Å². The second-order valence-electron chi connectivity index (χ2n) is 7.78. The van der Waals surface area contributed by atoms with Gasteiger partial charge in [0.25, 0.3) is 0 Å². The van der Waals surface area contributed by atoms with Crippen LogP contribution in [-0.2, 0) is 13.6 Å². The Morgan fingerprint density at radius 3 is 2.72 bits per heavy atom. The first-order chi connectivity index (χ1) is 15.5. The molecular formula is C24H28N6O2. The number of hydrogen-bond donors (Lipinski definition) is 1. The molecule has 0 spiro atoms. The fourth-order valence-electron chi connectivity index (χ4n) is 3.75. The molecule has 0 saturated heterocycles. The molecule has 4 aromatic rings. The van der Waals surface area contributed by atoms with Gasteiger partial charge in [-0.3, -0.25) is 9.67 Å². The van der Waals surface area contributed by atoms with E-state index in [0.717, 1.165) is 44.9 Å². The molecule has 1 N–H and O–H groups in total. The van der Waals surface area contributed by atoms with E-state index in [9.17, 15) is 0 Å². The fraction of sp³-hybridized carbons (Fsp3) is 0.333. The summed E-state index contributed by atoms with van der Waals surface area (Å²) >= 11 is 0. The maximum absolute atomic E-state index is 5.82. The molecule has 0 aliphatic rings. The van der Waals surface area contributed by atoms with Crippen molar-refractivity contribution in [1.82, 2.24) is 24.7 Å². The first-order valence-electron chi connectivity index (χ1n) is 10.7. The lowest BCUT2D eigenvalue weighted by molar-refractivity contribution is 0.328. The number of ether oxygens (including phenoxy) is 2. The maximum atomic E-state index is 5.82. The number of nitrogens with zero attached hydrogens (tertiary/aromatic N) is 5. The van der Waals surface area contributed by atoms with Gasteiger partial charge < -0.3 is 14.8 Å². The summed E-state index contributed by atoms with van der Waals surface area (Å²) in [6.45, 7) is 7.32. The van der Waals surface area contributed by atoms with E-state index in [1.165, 1.54) is 0 Å². The molecule has 8 heteroatoms. The summed E-state index contributed by atoms with van der Waals surface area (Å²) in [5, 5.41) is 9.39. The Hall–Kier alpha value is -3.68. The molecule has 0 saturated carbocycles. The van der Waals surface area contributed by atoms with E-state index < -0.39 is 0 Å². The third-order valence-corrected chi connectivity index (χ3v) is 5.24. The SMILES string of the molecule is CCOc1ncccc1-c1cnc2c(c(C(C)C)nn2C)c1NCc1cncc(OC)c1. The Morgan fingerprint density at radius 1 is 1.12 bits per heavy atom. The lowest BCUT2D eigenvalue weighted by atomic mass is 10.0. The van der Waals surface area contributed by atoms with Crippen molar-refractivity contribution < 1.29 is 9.47 Å². The van der Waals surface area contributed by atoms with Gasteiger partial charge in [-0.25, -0.2) is 9.97 Å². The van der Waals surface area contributed by atoms with Gasteiger partial charge in [0, 0.05) is 43.3 Å². The molecule has 0 unspecified atom stereocenters. The van der Waals surface area contributed by atoms with Gasteiger partial charge in [-0.15, -0.1) is 0 Å².